The minimum atomic E-state index is 0.324. The quantitative estimate of drug-likeness (QED) is 0.853. The van der Waals surface area contributed by atoms with Gasteiger partial charge in [0.2, 0.25) is 0 Å². The van der Waals surface area contributed by atoms with Gasteiger partial charge in [0.25, 0.3) is 0 Å². The smallest absolute Gasteiger partial charge is 0.318 e. The second-order valence-electron chi connectivity index (χ2n) is 3.49. The molecule has 16 heavy (non-hydrogen) atoms. The molecule has 0 saturated heterocycles. The number of thioether (sulfide) groups is 1. The zero-order valence-electron chi connectivity index (χ0n) is 9.66. The normalized spacial score (nSPS) is 12.2. The summed E-state index contributed by atoms with van der Waals surface area (Å²) in [6.07, 6.45) is 3.63. The van der Waals surface area contributed by atoms with Gasteiger partial charge >= 0.3 is 6.01 Å². The topological polar surface area (TPSA) is 47.0 Å². The highest BCUT2D eigenvalue weighted by molar-refractivity contribution is 7.98. The molecule has 1 N–H and O–H groups in total. The van der Waals surface area contributed by atoms with Gasteiger partial charge < -0.3 is 10.1 Å². The average Bonchev–Trinajstić information content (AvgIpc) is 2.28. The van der Waals surface area contributed by atoms with E-state index in [2.05, 4.69) is 28.5 Å². The van der Waals surface area contributed by atoms with E-state index in [9.17, 15) is 0 Å². The van der Waals surface area contributed by atoms with Crippen molar-refractivity contribution in [1.29, 1.82) is 0 Å². The molecule has 90 valence electrons. The number of nitrogens with one attached hydrogen (secondary N) is 1. The number of ether oxygens (including phenoxy) is 1. The summed E-state index contributed by atoms with van der Waals surface area (Å²) in [4.78, 5) is 8.05. The van der Waals surface area contributed by atoms with Crippen molar-refractivity contribution in [3.8, 4) is 6.01 Å². The number of methoxy groups -OCH3 is 1. The van der Waals surface area contributed by atoms with E-state index in [1.807, 2.05) is 11.8 Å². The highest BCUT2D eigenvalue weighted by atomic mass is 35.5. The van der Waals surface area contributed by atoms with E-state index in [0.29, 0.717) is 22.8 Å². The molecule has 4 nitrogen and oxygen atoms in total. The van der Waals surface area contributed by atoms with E-state index in [0.717, 1.165) is 12.3 Å². The van der Waals surface area contributed by atoms with Gasteiger partial charge in [-0.2, -0.15) is 16.7 Å². The first kappa shape index (κ1) is 13.4. The van der Waals surface area contributed by atoms with Crippen molar-refractivity contribution in [2.45, 2.75) is 6.92 Å². The van der Waals surface area contributed by atoms with Crippen LogP contribution >= 0.6 is 23.4 Å². The van der Waals surface area contributed by atoms with Crippen molar-refractivity contribution in [3.63, 3.8) is 0 Å². The Hall–Kier alpha value is -0.680. The van der Waals surface area contributed by atoms with E-state index in [4.69, 9.17) is 16.3 Å². The lowest BCUT2D eigenvalue weighted by Crippen LogP contribution is -2.14. The Morgan fingerprint density at radius 1 is 1.62 bits per heavy atom. The number of halogens is 1. The molecule has 6 heteroatoms. The van der Waals surface area contributed by atoms with E-state index >= 15 is 0 Å². The average molecular weight is 262 g/mol. The third-order valence-corrected chi connectivity index (χ3v) is 3.15. The molecular weight excluding hydrogens is 246 g/mol. The van der Waals surface area contributed by atoms with Crippen molar-refractivity contribution in [1.82, 2.24) is 9.97 Å². The van der Waals surface area contributed by atoms with Crippen LogP contribution in [0.3, 0.4) is 0 Å². The molecule has 1 heterocycles. The standard InChI is InChI=1S/C10H16ClN3OS/c1-7(6-16-3)4-12-9-8(11)5-13-10(14-9)15-2/h5,7H,4,6H2,1-3H3,(H,12,13,14). The SMILES string of the molecule is COc1ncc(Cl)c(NCC(C)CSC)n1. The molecule has 0 aliphatic heterocycles. The number of aromatic nitrogens is 2. The second kappa shape index (κ2) is 6.81. The van der Waals surface area contributed by atoms with E-state index in [1.54, 1.807) is 0 Å². The van der Waals surface area contributed by atoms with Crippen LogP contribution in [0.5, 0.6) is 6.01 Å². The molecule has 1 aromatic rings. The first-order valence-corrected chi connectivity index (χ1v) is 6.74. The maximum Gasteiger partial charge on any atom is 0.318 e. The molecule has 0 spiro atoms. The zero-order valence-corrected chi connectivity index (χ0v) is 11.2. The molecule has 0 aliphatic rings. The van der Waals surface area contributed by atoms with Gasteiger partial charge in [-0.1, -0.05) is 18.5 Å². The largest absolute Gasteiger partial charge is 0.467 e. The van der Waals surface area contributed by atoms with Crippen LogP contribution in [0.25, 0.3) is 0 Å². The number of hydrogen-bond donors (Lipinski definition) is 1. The fourth-order valence-electron chi connectivity index (χ4n) is 1.19. The summed E-state index contributed by atoms with van der Waals surface area (Å²) in [6.45, 7) is 3.01. The lowest BCUT2D eigenvalue weighted by atomic mass is 10.2. The lowest BCUT2D eigenvalue weighted by Gasteiger charge is -2.12. The van der Waals surface area contributed by atoms with Crippen LogP contribution in [0, 0.1) is 5.92 Å². The summed E-state index contributed by atoms with van der Waals surface area (Å²) >= 11 is 7.79. The highest BCUT2D eigenvalue weighted by Gasteiger charge is 2.07. The Bertz CT molecular complexity index is 338. The minimum Gasteiger partial charge on any atom is -0.467 e. The molecule has 0 fully saturated rings. The van der Waals surface area contributed by atoms with E-state index < -0.39 is 0 Å². The summed E-state index contributed by atoms with van der Waals surface area (Å²) in [5.74, 6) is 2.29. The zero-order chi connectivity index (χ0) is 12.0. The molecular formula is C10H16ClN3OS. The van der Waals surface area contributed by atoms with E-state index in [-0.39, 0.29) is 0 Å². The predicted molar refractivity (Wildman–Crippen MR) is 69.6 cm³/mol. The fraction of sp³-hybridized carbons (Fsp3) is 0.600. The third kappa shape index (κ3) is 4.06. The van der Waals surface area contributed by atoms with Crippen molar-refractivity contribution in [3.05, 3.63) is 11.2 Å². The maximum absolute atomic E-state index is 5.97. The van der Waals surface area contributed by atoms with Gasteiger partial charge in [0, 0.05) is 6.54 Å². The second-order valence-corrected chi connectivity index (χ2v) is 4.81. The Morgan fingerprint density at radius 3 is 3.00 bits per heavy atom. The van der Waals surface area contributed by atoms with Gasteiger partial charge in [-0.25, -0.2) is 4.98 Å². The first-order valence-electron chi connectivity index (χ1n) is 4.96. The molecule has 0 radical (unpaired) electrons. The van der Waals surface area contributed by atoms with Crippen LogP contribution in [0.2, 0.25) is 5.02 Å². The van der Waals surface area contributed by atoms with Gasteiger partial charge in [-0.15, -0.1) is 0 Å². The molecule has 0 aliphatic carbocycles. The highest BCUT2D eigenvalue weighted by Crippen LogP contribution is 2.20. The summed E-state index contributed by atoms with van der Waals surface area (Å²) in [6, 6.07) is 0.324. The maximum atomic E-state index is 5.97. The van der Waals surface area contributed by atoms with Gasteiger partial charge in [-0.3, -0.25) is 0 Å². The van der Waals surface area contributed by atoms with Crippen molar-refractivity contribution in [2.24, 2.45) is 5.92 Å². The van der Waals surface area contributed by atoms with Crippen molar-refractivity contribution >= 4 is 29.2 Å². The Labute approximate surface area is 105 Å². The summed E-state index contributed by atoms with van der Waals surface area (Å²) in [7, 11) is 1.53. The number of anilines is 1. The van der Waals surface area contributed by atoms with Crippen LogP contribution in [0.1, 0.15) is 6.92 Å². The van der Waals surface area contributed by atoms with Gasteiger partial charge in [-0.05, 0) is 17.9 Å². The Balaban J connectivity index is 2.58. The molecule has 0 aromatic carbocycles. The van der Waals surface area contributed by atoms with Crippen LogP contribution < -0.4 is 10.1 Å². The van der Waals surface area contributed by atoms with Crippen LogP contribution in [0.4, 0.5) is 5.82 Å². The summed E-state index contributed by atoms with van der Waals surface area (Å²) < 4.78 is 4.94. The van der Waals surface area contributed by atoms with E-state index in [1.165, 1.54) is 13.3 Å². The summed E-state index contributed by atoms with van der Waals surface area (Å²) in [5.41, 5.74) is 0. The van der Waals surface area contributed by atoms with Gasteiger partial charge in [0.1, 0.15) is 5.02 Å². The van der Waals surface area contributed by atoms with Crippen LogP contribution in [-0.4, -0.2) is 35.6 Å². The minimum absolute atomic E-state index is 0.324. The molecule has 1 unspecified atom stereocenters. The molecule has 1 rings (SSSR count). The van der Waals surface area contributed by atoms with Gasteiger partial charge in [0.15, 0.2) is 5.82 Å². The third-order valence-electron chi connectivity index (χ3n) is 1.97. The number of hydrogen-bond acceptors (Lipinski definition) is 5. The Morgan fingerprint density at radius 2 is 2.38 bits per heavy atom. The first-order chi connectivity index (χ1) is 7.67. The van der Waals surface area contributed by atoms with Crippen molar-refractivity contribution < 1.29 is 4.74 Å². The fourth-order valence-corrected chi connectivity index (χ4v) is 2.03. The Kier molecular flexibility index (Phi) is 5.69. The van der Waals surface area contributed by atoms with Crippen molar-refractivity contribution in [2.75, 3.05) is 31.0 Å². The monoisotopic (exact) mass is 261 g/mol. The van der Waals surface area contributed by atoms with Crippen LogP contribution in [-0.2, 0) is 0 Å². The molecule has 1 aromatic heterocycles. The lowest BCUT2D eigenvalue weighted by molar-refractivity contribution is 0.380. The molecule has 0 amide bonds. The van der Waals surface area contributed by atoms with Gasteiger partial charge in [0.05, 0.1) is 13.3 Å². The number of nitrogens with zero attached hydrogens (tertiary/aromatic N) is 2. The number of rotatable bonds is 6. The molecule has 0 bridgehead atoms. The summed E-state index contributed by atoms with van der Waals surface area (Å²) in [5, 5.41) is 3.71. The molecule has 1 atom stereocenters. The predicted octanol–water partition coefficient (Wildman–Crippen LogP) is 2.55. The van der Waals surface area contributed by atoms with Crippen LogP contribution in [0.15, 0.2) is 6.20 Å². The molecule has 0 saturated carbocycles.